The second-order valence-corrected chi connectivity index (χ2v) is 6.24. The van der Waals surface area contributed by atoms with E-state index in [9.17, 15) is 18.0 Å². The summed E-state index contributed by atoms with van der Waals surface area (Å²) >= 11 is 2.50. The number of carbonyl (C=O) groups is 1. The number of thioether (sulfide) groups is 1. The maximum atomic E-state index is 12.2. The third kappa shape index (κ3) is 5.53. The Morgan fingerprint density at radius 1 is 1.41 bits per heavy atom. The fourth-order valence-electron chi connectivity index (χ4n) is 1.45. The molecule has 0 aliphatic heterocycles. The fourth-order valence-corrected chi connectivity index (χ4v) is 3.19. The number of carbonyl (C=O) groups excluding carboxylic acids is 1. The molecule has 0 saturated heterocycles. The van der Waals surface area contributed by atoms with Gasteiger partial charge in [0.15, 0.2) is 4.34 Å². The Hall–Kier alpha value is -1.81. The first-order valence-corrected chi connectivity index (χ1v) is 7.70. The van der Waals surface area contributed by atoms with Crippen molar-refractivity contribution in [3.8, 4) is 5.75 Å². The molecule has 0 aliphatic rings. The van der Waals surface area contributed by atoms with Crippen LogP contribution in [0.4, 0.5) is 18.3 Å². The van der Waals surface area contributed by atoms with Gasteiger partial charge < -0.3 is 10.1 Å². The molecule has 10 heteroatoms. The normalized spacial score (nSPS) is 11.3. The summed E-state index contributed by atoms with van der Waals surface area (Å²) in [5.41, 5.74) is 0.656. The molecule has 1 aromatic heterocycles. The van der Waals surface area contributed by atoms with E-state index in [4.69, 9.17) is 0 Å². The van der Waals surface area contributed by atoms with Gasteiger partial charge in [0.25, 0.3) is 0 Å². The van der Waals surface area contributed by atoms with Crippen LogP contribution in [-0.2, 0) is 10.5 Å². The first kappa shape index (κ1) is 16.6. The van der Waals surface area contributed by atoms with Crippen molar-refractivity contribution in [2.45, 2.75) is 23.4 Å². The second kappa shape index (κ2) is 6.97. The zero-order valence-corrected chi connectivity index (χ0v) is 12.8. The zero-order chi connectivity index (χ0) is 16.2. The number of hydrogen-bond acceptors (Lipinski definition) is 6. The Morgan fingerprint density at radius 2 is 2.18 bits per heavy atom. The van der Waals surface area contributed by atoms with E-state index in [1.54, 1.807) is 6.07 Å². The number of ether oxygens (including phenoxy) is 1. The van der Waals surface area contributed by atoms with Gasteiger partial charge in [-0.05, 0) is 17.7 Å². The molecule has 0 atom stereocenters. The van der Waals surface area contributed by atoms with E-state index < -0.39 is 6.36 Å². The van der Waals surface area contributed by atoms with Crippen LogP contribution in [0.15, 0.2) is 28.6 Å². The molecule has 1 heterocycles. The molecule has 1 amide bonds. The number of amides is 1. The summed E-state index contributed by atoms with van der Waals surface area (Å²) in [6.45, 7) is 1.36. The molecule has 0 fully saturated rings. The summed E-state index contributed by atoms with van der Waals surface area (Å²) in [5.74, 6) is -0.101. The molecular formula is C12H10F3N3O2S2. The summed E-state index contributed by atoms with van der Waals surface area (Å²) in [6, 6.07) is 5.73. The molecule has 0 spiro atoms. The number of anilines is 1. The second-order valence-electron chi connectivity index (χ2n) is 4.04. The highest BCUT2D eigenvalue weighted by Gasteiger charge is 2.31. The molecule has 1 N–H and O–H groups in total. The van der Waals surface area contributed by atoms with Gasteiger partial charge in [-0.3, -0.25) is 4.79 Å². The van der Waals surface area contributed by atoms with Crippen molar-refractivity contribution in [1.29, 1.82) is 0 Å². The molecule has 0 bridgehead atoms. The summed E-state index contributed by atoms with van der Waals surface area (Å²) < 4.78 is 40.9. The van der Waals surface area contributed by atoms with E-state index in [1.165, 1.54) is 48.2 Å². The van der Waals surface area contributed by atoms with Gasteiger partial charge in [0.1, 0.15) is 5.75 Å². The SMILES string of the molecule is CC(=O)Nc1nnc(SCc2cccc(OC(F)(F)F)c2)s1. The molecule has 118 valence electrons. The van der Waals surface area contributed by atoms with Crippen LogP contribution < -0.4 is 10.1 Å². The largest absolute Gasteiger partial charge is 0.573 e. The first-order chi connectivity index (χ1) is 10.3. The van der Waals surface area contributed by atoms with Crippen LogP contribution in [0.2, 0.25) is 0 Å². The number of alkyl halides is 3. The maximum absolute atomic E-state index is 12.2. The molecule has 2 rings (SSSR count). The number of nitrogens with zero attached hydrogens (tertiary/aromatic N) is 2. The van der Waals surface area contributed by atoms with E-state index in [1.807, 2.05) is 0 Å². The number of rotatable bonds is 5. The van der Waals surface area contributed by atoms with Crippen molar-refractivity contribution in [3.05, 3.63) is 29.8 Å². The minimum Gasteiger partial charge on any atom is -0.406 e. The van der Waals surface area contributed by atoms with E-state index in [0.29, 0.717) is 20.8 Å². The van der Waals surface area contributed by atoms with Crippen LogP contribution in [-0.4, -0.2) is 22.5 Å². The lowest BCUT2D eigenvalue weighted by atomic mass is 10.2. The minimum absolute atomic E-state index is 0.246. The number of benzene rings is 1. The number of nitrogens with one attached hydrogen (secondary N) is 1. The van der Waals surface area contributed by atoms with Crippen molar-refractivity contribution in [1.82, 2.24) is 10.2 Å². The molecule has 0 radical (unpaired) electrons. The third-order valence-corrected chi connectivity index (χ3v) is 4.23. The monoisotopic (exact) mass is 349 g/mol. The molecule has 2 aromatic rings. The Kier molecular flexibility index (Phi) is 5.24. The van der Waals surface area contributed by atoms with Crippen LogP contribution in [0.5, 0.6) is 5.75 Å². The highest BCUT2D eigenvalue weighted by Crippen LogP contribution is 2.30. The summed E-state index contributed by atoms with van der Waals surface area (Å²) in [5, 5.41) is 10.5. The number of halogens is 3. The lowest BCUT2D eigenvalue weighted by Gasteiger charge is -2.09. The highest BCUT2D eigenvalue weighted by atomic mass is 32.2. The van der Waals surface area contributed by atoms with Crippen LogP contribution in [0.25, 0.3) is 0 Å². The lowest BCUT2D eigenvalue weighted by molar-refractivity contribution is -0.274. The van der Waals surface area contributed by atoms with Gasteiger partial charge in [0, 0.05) is 12.7 Å². The average Bonchev–Trinajstić information content (AvgIpc) is 2.81. The van der Waals surface area contributed by atoms with E-state index in [-0.39, 0.29) is 11.7 Å². The van der Waals surface area contributed by atoms with Gasteiger partial charge in [0.05, 0.1) is 0 Å². The highest BCUT2D eigenvalue weighted by molar-refractivity contribution is 8.00. The fraction of sp³-hybridized carbons (Fsp3) is 0.250. The molecule has 1 aromatic carbocycles. The quantitative estimate of drug-likeness (QED) is 0.659. The molecule has 0 unspecified atom stereocenters. The topological polar surface area (TPSA) is 64.1 Å². The summed E-state index contributed by atoms with van der Waals surface area (Å²) in [7, 11) is 0. The minimum atomic E-state index is -4.71. The van der Waals surface area contributed by atoms with Gasteiger partial charge in [0.2, 0.25) is 11.0 Å². The molecular weight excluding hydrogens is 339 g/mol. The third-order valence-electron chi connectivity index (χ3n) is 2.18. The van der Waals surface area contributed by atoms with Crippen LogP contribution in [0.3, 0.4) is 0 Å². The van der Waals surface area contributed by atoms with Gasteiger partial charge >= 0.3 is 6.36 Å². The van der Waals surface area contributed by atoms with Crippen molar-refractivity contribution in [2.75, 3.05) is 5.32 Å². The van der Waals surface area contributed by atoms with Crippen molar-refractivity contribution in [2.24, 2.45) is 0 Å². The Bertz CT molecular complexity index is 661. The van der Waals surface area contributed by atoms with Gasteiger partial charge in [-0.1, -0.05) is 35.2 Å². The van der Waals surface area contributed by atoms with Crippen LogP contribution in [0, 0.1) is 0 Å². The van der Waals surface area contributed by atoms with E-state index in [0.717, 1.165) is 0 Å². The Labute approximate surface area is 131 Å². The summed E-state index contributed by atoms with van der Waals surface area (Å²) in [4.78, 5) is 10.9. The zero-order valence-electron chi connectivity index (χ0n) is 11.2. The molecule has 0 aliphatic carbocycles. The number of aromatic nitrogens is 2. The lowest BCUT2D eigenvalue weighted by Crippen LogP contribution is -2.17. The predicted octanol–water partition coefficient (Wildman–Crippen LogP) is 3.69. The average molecular weight is 349 g/mol. The van der Waals surface area contributed by atoms with Gasteiger partial charge in [-0.15, -0.1) is 23.4 Å². The van der Waals surface area contributed by atoms with E-state index >= 15 is 0 Å². The van der Waals surface area contributed by atoms with Gasteiger partial charge in [-0.25, -0.2) is 0 Å². The van der Waals surface area contributed by atoms with Crippen molar-refractivity contribution >= 4 is 34.1 Å². The van der Waals surface area contributed by atoms with Crippen molar-refractivity contribution < 1.29 is 22.7 Å². The predicted molar refractivity (Wildman–Crippen MR) is 76.9 cm³/mol. The van der Waals surface area contributed by atoms with E-state index in [2.05, 4.69) is 20.3 Å². The van der Waals surface area contributed by atoms with Gasteiger partial charge in [-0.2, -0.15) is 0 Å². The molecule has 0 saturated carbocycles. The van der Waals surface area contributed by atoms with Crippen molar-refractivity contribution in [3.63, 3.8) is 0 Å². The first-order valence-electron chi connectivity index (χ1n) is 5.90. The Balaban J connectivity index is 1.95. The molecule has 22 heavy (non-hydrogen) atoms. The summed E-state index contributed by atoms with van der Waals surface area (Å²) in [6.07, 6.45) is -4.71. The Morgan fingerprint density at radius 3 is 2.86 bits per heavy atom. The standard InChI is InChI=1S/C12H10F3N3O2S2/c1-7(19)16-10-17-18-11(22-10)21-6-8-3-2-4-9(5-8)20-12(13,14)15/h2-5H,6H2,1H3,(H,16,17,19). The maximum Gasteiger partial charge on any atom is 0.573 e. The van der Waals surface area contributed by atoms with Crippen LogP contribution in [0.1, 0.15) is 12.5 Å². The smallest absolute Gasteiger partial charge is 0.406 e. The van der Waals surface area contributed by atoms with Crippen LogP contribution >= 0.6 is 23.1 Å². The number of hydrogen-bond donors (Lipinski definition) is 1. The molecule has 5 nitrogen and oxygen atoms in total.